The summed E-state index contributed by atoms with van der Waals surface area (Å²) in [6.07, 6.45) is 13.3. The van der Waals surface area contributed by atoms with Gasteiger partial charge in [0.2, 0.25) is 0 Å². The van der Waals surface area contributed by atoms with Gasteiger partial charge in [0, 0.05) is 12.6 Å². The fourth-order valence-corrected chi connectivity index (χ4v) is 2.39. The first-order valence-electron chi connectivity index (χ1n) is 7.20. The number of unbranched alkanes of at least 4 members (excludes halogenated alkanes) is 5. The third-order valence-electron chi connectivity index (χ3n) is 3.57. The SMILES string of the molecule is CCCCCCCCOC1CCC(N)CC1. The van der Waals surface area contributed by atoms with Crippen molar-refractivity contribution in [3.8, 4) is 0 Å². The van der Waals surface area contributed by atoms with E-state index in [-0.39, 0.29) is 0 Å². The van der Waals surface area contributed by atoms with Crippen LogP contribution in [-0.2, 0) is 4.74 Å². The number of ether oxygens (including phenoxy) is 1. The summed E-state index contributed by atoms with van der Waals surface area (Å²) < 4.78 is 5.88. The monoisotopic (exact) mass is 227 g/mol. The molecule has 1 aliphatic carbocycles. The largest absolute Gasteiger partial charge is 0.378 e. The van der Waals surface area contributed by atoms with Crippen LogP contribution in [0.4, 0.5) is 0 Å². The maximum Gasteiger partial charge on any atom is 0.0576 e. The summed E-state index contributed by atoms with van der Waals surface area (Å²) in [4.78, 5) is 0. The average Bonchev–Trinajstić information content (AvgIpc) is 2.30. The molecule has 0 saturated heterocycles. The van der Waals surface area contributed by atoms with Gasteiger partial charge in [-0.2, -0.15) is 0 Å². The maximum absolute atomic E-state index is 5.88. The molecule has 0 aromatic rings. The first-order chi connectivity index (χ1) is 7.83. The Labute approximate surface area is 101 Å². The zero-order chi connectivity index (χ0) is 11.6. The van der Waals surface area contributed by atoms with Crippen molar-refractivity contribution in [2.24, 2.45) is 5.73 Å². The van der Waals surface area contributed by atoms with Crippen LogP contribution in [0.2, 0.25) is 0 Å². The highest BCUT2D eigenvalue weighted by Gasteiger charge is 2.18. The Hall–Kier alpha value is -0.0800. The van der Waals surface area contributed by atoms with Crippen molar-refractivity contribution in [3.63, 3.8) is 0 Å². The quantitative estimate of drug-likeness (QED) is 0.643. The minimum Gasteiger partial charge on any atom is -0.378 e. The summed E-state index contributed by atoms with van der Waals surface area (Å²) in [6.45, 7) is 3.23. The number of hydrogen-bond donors (Lipinski definition) is 1. The first kappa shape index (κ1) is 14.0. The van der Waals surface area contributed by atoms with Crippen LogP contribution >= 0.6 is 0 Å². The number of nitrogens with two attached hydrogens (primary N) is 1. The molecule has 2 N–H and O–H groups in total. The van der Waals surface area contributed by atoms with Gasteiger partial charge in [0.05, 0.1) is 6.10 Å². The molecule has 0 aliphatic heterocycles. The molecule has 0 atom stereocenters. The molecule has 0 aromatic heterocycles. The van der Waals surface area contributed by atoms with E-state index in [1.165, 1.54) is 51.4 Å². The molecule has 1 aliphatic rings. The van der Waals surface area contributed by atoms with E-state index in [4.69, 9.17) is 10.5 Å². The van der Waals surface area contributed by atoms with Gasteiger partial charge in [0.15, 0.2) is 0 Å². The van der Waals surface area contributed by atoms with Crippen LogP contribution in [0.5, 0.6) is 0 Å². The Morgan fingerprint density at radius 2 is 1.56 bits per heavy atom. The lowest BCUT2D eigenvalue weighted by molar-refractivity contribution is 0.0231. The molecule has 0 amide bonds. The zero-order valence-electron chi connectivity index (χ0n) is 10.9. The lowest BCUT2D eigenvalue weighted by atomic mass is 9.94. The molecule has 1 fully saturated rings. The molecule has 1 saturated carbocycles. The summed E-state index contributed by atoms with van der Waals surface area (Å²) >= 11 is 0. The second-order valence-corrected chi connectivity index (χ2v) is 5.18. The van der Waals surface area contributed by atoms with E-state index in [1.807, 2.05) is 0 Å². The van der Waals surface area contributed by atoms with Crippen molar-refractivity contribution in [1.82, 2.24) is 0 Å². The van der Waals surface area contributed by atoms with E-state index < -0.39 is 0 Å². The minimum absolute atomic E-state index is 0.439. The van der Waals surface area contributed by atoms with Crippen LogP contribution in [0.3, 0.4) is 0 Å². The van der Waals surface area contributed by atoms with Gasteiger partial charge < -0.3 is 10.5 Å². The molecule has 0 unspecified atom stereocenters. The Bertz CT molecular complexity index is 153. The Balaban J connectivity index is 1.84. The van der Waals surface area contributed by atoms with Gasteiger partial charge in [0.25, 0.3) is 0 Å². The smallest absolute Gasteiger partial charge is 0.0576 e. The van der Waals surface area contributed by atoms with Crippen LogP contribution in [0.15, 0.2) is 0 Å². The maximum atomic E-state index is 5.88. The topological polar surface area (TPSA) is 35.2 Å². The van der Waals surface area contributed by atoms with E-state index >= 15 is 0 Å². The highest BCUT2D eigenvalue weighted by molar-refractivity contribution is 4.74. The van der Waals surface area contributed by atoms with Crippen molar-refractivity contribution in [3.05, 3.63) is 0 Å². The van der Waals surface area contributed by atoms with Crippen molar-refractivity contribution in [2.75, 3.05) is 6.61 Å². The summed E-state index contributed by atoms with van der Waals surface area (Å²) in [5.41, 5.74) is 5.86. The van der Waals surface area contributed by atoms with Crippen molar-refractivity contribution >= 4 is 0 Å². The predicted molar refractivity (Wildman–Crippen MR) is 69.6 cm³/mol. The summed E-state index contributed by atoms with van der Waals surface area (Å²) in [7, 11) is 0. The first-order valence-corrected chi connectivity index (χ1v) is 7.20. The minimum atomic E-state index is 0.439. The van der Waals surface area contributed by atoms with Gasteiger partial charge in [-0.25, -0.2) is 0 Å². The summed E-state index contributed by atoms with van der Waals surface area (Å²) in [6, 6.07) is 0.439. The van der Waals surface area contributed by atoms with Crippen molar-refractivity contribution in [2.45, 2.75) is 83.3 Å². The molecule has 0 radical (unpaired) electrons. The van der Waals surface area contributed by atoms with Crippen LogP contribution < -0.4 is 5.73 Å². The van der Waals surface area contributed by atoms with Crippen molar-refractivity contribution in [1.29, 1.82) is 0 Å². The molecule has 16 heavy (non-hydrogen) atoms. The Morgan fingerprint density at radius 1 is 0.938 bits per heavy atom. The lowest BCUT2D eigenvalue weighted by Crippen LogP contribution is -2.30. The molecule has 0 spiro atoms. The van der Waals surface area contributed by atoms with Gasteiger partial charge in [-0.1, -0.05) is 39.0 Å². The summed E-state index contributed by atoms with van der Waals surface area (Å²) in [5.74, 6) is 0. The van der Waals surface area contributed by atoms with Gasteiger partial charge >= 0.3 is 0 Å². The number of hydrogen-bond acceptors (Lipinski definition) is 2. The molecule has 0 aromatic carbocycles. The van der Waals surface area contributed by atoms with Crippen LogP contribution in [0.25, 0.3) is 0 Å². The molecular weight excluding hydrogens is 198 g/mol. The molecule has 1 rings (SSSR count). The molecule has 0 bridgehead atoms. The second kappa shape index (κ2) is 9.00. The Kier molecular flexibility index (Phi) is 7.87. The van der Waals surface area contributed by atoms with E-state index in [1.54, 1.807) is 0 Å². The fourth-order valence-electron chi connectivity index (χ4n) is 2.39. The third kappa shape index (κ3) is 6.49. The fraction of sp³-hybridized carbons (Fsp3) is 1.00. The van der Waals surface area contributed by atoms with Gasteiger partial charge in [-0.05, 0) is 32.1 Å². The summed E-state index contributed by atoms with van der Waals surface area (Å²) in [5, 5.41) is 0. The average molecular weight is 227 g/mol. The lowest BCUT2D eigenvalue weighted by Gasteiger charge is -2.26. The van der Waals surface area contributed by atoms with E-state index in [9.17, 15) is 0 Å². The van der Waals surface area contributed by atoms with Gasteiger partial charge in [0.1, 0.15) is 0 Å². The predicted octanol–water partition coefficient (Wildman–Crippen LogP) is 3.63. The third-order valence-corrected chi connectivity index (χ3v) is 3.57. The van der Waals surface area contributed by atoms with Crippen LogP contribution in [-0.4, -0.2) is 18.8 Å². The highest BCUT2D eigenvalue weighted by atomic mass is 16.5. The van der Waals surface area contributed by atoms with Gasteiger partial charge in [-0.3, -0.25) is 0 Å². The van der Waals surface area contributed by atoms with Crippen LogP contribution in [0.1, 0.15) is 71.1 Å². The van der Waals surface area contributed by atoms with E-state index in [2.05, 4.69) is 6.92 Å². The molecule has 96 valence electrons. The van der Waals surface area contributed by atoms with Crippen molar-refractivity contribution < 1.29 is 4.74 Å². The Morgan fingerprint density at radius 3 is 2.25 bits per heavy atom. The van der Waals surface area contributed by atoms with Gasteiger partial charge in [-0.15, -0.1) is 0 Å². The zero-order valence-corrected chi connectivity index (χ0v) is 10.9. The molecule has 2 heteroatoms. The van der Waals surface area contributed by atoms with E-state index in [0.717, 1.165) is 19.4 Å². The highest BCUT2D eigenvalue weighted by Crippen LogP contribution is 2.20. The van der Waals surface area contributed by atoms with E-state index in [0.29, 0.717) is 12.1 Å². The standard InChI is InChI=1S/C14H29NO/c1-2-3-4-5-6-7-12-16-14-10-8-13(15)9-11-14/h13-14H,2-12,15H2,1H3. The second-order valence-electron chi connectivity index (χ2n) is 5.18. The molecular formula is C14H29NO. The molecule has 0 heterocycles. The molecule has 2 nitrogen and oxygen atoms in total. The van der Waals surface area contributed by atoms with Crippen LogP contribution in [0, 0.1) is 0 Å². The normalized spacial score (nSPS) is 25.9. The number of rotatable bonds is 8.